The second kappa shape index (κ2) is 12.2. The highest BCUT2D eigenvalue weighted by atomic mass is 15.0. The number of rotatable bonds is 6. The van der Waals surface area contributed by atoms with Gasteiger partial charge in [-0.2, -0.15) is 10.5 Å². The van der Waals surface area contributed by atoms with Crippen LogP contribution in [0.5, 0.6) is 0 Å². The second-order valence-electron chi connectivity index (χ2n) is 18.5. The largest absolute Gasteiger partial charge is 0.208 e. The number of nitrogens with zero attached hydrogens (tertiary/aromatic N) is 5. The van der Waals surface area contributed by atoms with Gasteiger partial charge in [-0.3, -0.25) is 0 Å². The molecular formula is C49H45N5. The van der Waals surface area contributed by atoms with E-state index in [0.29, 0.717) is 39.4 Å². The van der Waals surface area contributed by atoms with Crippen LogP contribution in [0.4, 0.5) is 0 Å². The normalized spacial score (nSPS) is 31.3. The van der Waals surface area contributed by atoms with Gasteiger partial charge in [-0.15, -0.1) is 0 Å². The number of hydrogen-bond donors (Lipinski definition) is 0. The van der Waals surface area contributed by atoms with E-state index < -0.39 is 0 Å². The molecule has 8 fully saturated rings. The van der Waals surface area contributed by atoms with Crippen LogP contribution in [0.25, 0.3) is 45.3 Å². The van der Waals surface area contributed by atoms with Gasteiger partial charge in [0, 0.05) is 16.7 Å². The SMILES string of the molecule is N#Cc1cc(C#N)cc(-c2ccc(-c3nc(-c4ccc(C56CC7CC(CC(C7)C5)C6)cc4)nc(-c4ccc(C56CC7CC(CC(C7)C5)C6)cc4)n3)cc2)c1. The molecule has 0 atom stereocenters. The fraction of sp³-hybridized carbons (Fsp3) is 0.408. The lowest BCUT2D eigenvalue weighted by atomic mass is 9.48. The molecule has 1 aromatic heterocycles. The van der Waals surface area contributed by atoms with E-state index in [4.69, 9.17) is 15.0 Å². The maximum Gasteiger partial charge on any atom is 0.164 e. The van der Waals surface area contributed by atoms with Crippen molar-refractivity contribution in [3.8, 4) is 57.4 Å². The molecule has 4 aromatic carbocycles. The molecule has 8 aliphatic rings. The standard InChI is InChI=1S/C49H45N5/c50-28-36-19-37(29-51)21-42(20-36)38-1-3-39(4-2-38)45-52-46(40-5-9-43(10-6-40)48-22-30-13-31(23-48)15-32(14-30)24-48)54-47(53-45)41-7-11-44(12-8-41)49-25-33-16-34(26-49)18-35(17-33)27-49/h1-12,19-21,30-35H,13-18,22-27H2. The summed E-state index contributed by atoms with van der Waals surface area (Å²) < 4.78 is 0. The van der Waals surface area contributed by atoms with Crippen LogP contribution in [0.2, 0.25) is 0 Å². The predicted molar refractivity (Wildman–Crippen MR) is 211 cm³/mol. The Balaban J connectivity index is 0.954. The third-order valence-electron chi connectivity index (χ3n) is 14.9. The summed E-state index contributed by atoms with van der Waals surface area (Å²) >= 11 is 0. The summed E-state index contributed by atoms with van der Waals surface area (Å²) in [5, 5.41) is 19.1. The first-order valence-electron chi connectivity index (χ1n) is 20.5. The molecule has 0 amide bonds. The Morgan fingerprint density at radius 2 is 0.685 bits per heavy atom. The Bertz CT molecular complexity index is 2150. The van der Waals surface area contributed by atoms with Crippen molar-refractivity contribution in [1.82, 2.24) is 15.0 Å². The minimum absolute atomic E-state index is 0.351. The molecule has 5 aromatic rings. The van der Waals surface area contributed by atoms with E-state index in [1.807, 2.05) is 36.4 Å². The first-order valence-corrected chi connectivity index (χ1v) is 20.5. The second-order valence-corrected chi connectivity index (χ2v) is 18.5. The highest BCUT2D eigenvalue weighted by Gasteiger charge is 2.52. The molecule has 0 unspecified atom stereocenters. The smallest absolute Gasteiger partial charge is 0.164 e. The Hall–Kier alpha value is -5.13. The molecule has 13 rings (SSSR count). The number of hydrogen-bond acceptors (Lipinski definition) is 5. The van der Waals surface area contributed by atoms with Crippen molar-refractivity contribution >= 4 is 0 Å². The van der Waals surface area contributed by atoms with Crippen molar-refractivity contribution in [1.29, 1.82) is 10.5 Å². The van der Waals surface area contributed by atoms with Crippen molar-refractivity contribution in [3.05, 3.63) is 113 Å². The predicted octanol–water partition coefficient (Wildman–Crippen LogP) is 11.2. The molecule has 8 saturated carbocycles. The Morgan fingerprint density at radius 3 is 1.00 bits per heavy atom. The number of benzene rings is 4. The molecule has 8 aliphatic carbocycles. The zero-order valence-corrected chi connectivity index (χ0v) is 30.8. The average molecular weight is 704 g/mol. The molecule has 0 spiro atoms. The van der Waals surface area contributed by atoms with E-state index >= 15 is 0 Å². The van der Waals surface area contributed by atoms with Crippen LogP contribution in [-0.2, 0) is 10.8 Å². The van der Waals surface area contributed by atoms with Crippen molar-refractivity contribution < 1.29 is 0 Å². The van der Waals surface area contributed by atoms with Crippen molar-refractivity contribution in [2.45, 2.75) is 87.9 Å². The molecule has 0 saturated heterocycles. The molecule has 54 heavy (non-hydrogen) atoms. The molecule has 0 aliphatic heterocycles. The Morgan fingerprint density at radius 1 is 0.389 bits per heavy atom. The van der Waals surface area contributed by atoms with Gasteiger partial charge in [-0.05, 0) is 164 Å². The molecule has 0 N–H and O–H groups in total. The molecule has 266 valence electrons. The quantitative estimate of drug-likeness (QED) is 0.176. The summed E-state index contributed by atoms with van der Waals surface area (Å²) in [4.78, 5) is 15.4. The molecule has 8 bridgehead atoms. The minimum Gasteiger partial charge on any atom is -0.208 e. The Labute approximate surface area is 318 Å². The molecule has 5 heteroatoms. The number of aromatic nitrogens is 3. The lowest BCUT2D eigenvalue weighted by molar-refractivity contribution is -0.00530. The van der Waals surface area contributed by atoms with Crippen LogP contribution in [0.3, 0.4) is 0 Å². The summed E-state index contributed by atoms with van der Waals surface area (Å²) in [5.74, 6) is 7.50. The van der Waals surface area contributed by atoms with Gasteiger partial charge < -0.3 is 0 Å². The topological polar surface area (TPSA) is 86.2 Å². The average Bonchev–Trinajstić information content (AvgIpc) is 3.19. The van der Waals surface area contributed by atoms with Gasteiger partial charge in [-0.25, -0.2) is 15.0 Å². The minimum atomic E-state index is 0.351. The van der Waals surface area contributed by atoms with Gasteiger partial charge in [0.15, 0.2) is 17.5 Å². The summed E-state index contributed by atoms with van der Waals surface area (Å²) in [7, 11) is 0. The summed E-state index contributed by atoms with van der Waals surface area (Å²) in [6, 6.07) is 36.3. The van der Waals surface area contributed by atoms with E-state index in [1.54, 1.807) is 6.07 Å². The Kier molecular flexibility index (Phi) is 7.30. The number of nitriles is 2. The van der Waals surface area contributed by atoms with E-state index in [9.17, 15) is 10.5 Å². The third-order valence-corrected chi connectivity index (χ3v) is 14.9. The van der Waals surface area contributed by atoms with Crippen LogP contribution in [0.1, 0.15) is 99.3 Å². The van der Waals surface area contributed by atoms with Crippen molar-refractivity contribution in [2.24, 2.45) is 35.5 Å². The van der Waals surface area contributed by atoms with Gasteiger partial charge in [0.1, 0.15) is 0 Å². The first kappa shape index (κ1) is 32.3. The van der Waals surface area contributed by atoms with Gasteiger partial charge in [0.05, 0.1) is 23.3 Å². The fourth-order valence-electron chi connectivity index (χ4n) is 13.4. The zero-order chi connectivity index (χ0) is 36.0. The van der Waals surface area contributed by atoms with Gasteiger partial charge in [0.2, 0.25) is 0 Å². The molecule has 0 radical (unpaired) electrons. The monoisotopic (exact) mass is 703 g/mol. The fourth-order valence-corrected chi connectivity index (χ4v) is 13.4. The van der Waals surface area contributed by atoms with E-state index in [1.165, 1.54) is 88.2 Å². The lowest BCUT2D eigenvalue weighted by Crippen LogP contribution is -2.48. The van der Waals surface area contributed by atoms with E-state index in [-0.39, 0.29) is 0 Å². The van der Waals surface area contributed by atoms with E-state index in [0.717, 1.165) is 63.3 Å². The van der Waals surface area contributed by atoms with Gasteiger partial charge in [-0.1, -0.05) is 72.8 Å². The lowest BCUT2D eigenvalue weighted by Gasteiger charge is -2.57. The highest BCUT2D eigenvalue weighted by Crippen LogP contribution is 2.62. The van der Waals surface area contributed by atoms with Crippen molar-refractivity contribution in [3.63, 3.8) is 0 Å². The van der Waals surface area contributed by atoms with Crippen LogP contribution in [-0.4, -0.2) is 15.0 Å². The summed E-state index contributed by atoms with van der Waals surface area (Å²) in [5.41, 5.74) is 9.39. The van der Waals surface area contributed by atoms with Crippen LogP contribution in [0, 0.1) is 58.2 Å². The van der Waals surface area contributed by atoms with Crippen molar-refractivity contribution in [2.75, 3.05) is 0 Å². The molecule has 1 heterocycles. The maximum absolute atomic E-state index is 9.54. The highest BCUT2D eigenvalue weighted by molar-refractivity contribution is 5.72. The zero-order valence-electron chi connectivity index (χ0n) is 30.8. The van der Waals surface area contributed by atoms with Gasteiger partial charge >= 0.3 is 0 Å². The first-order chi connectivity index (χ1) is 26.4. The maximum atomic E-state index is 9.54. The molecule has 5 nitrogen and oxygen atoms in total. The van der Waals surface area contributed by atoms with Crippen LogP contribution in [0.15, 0.2) is 91.0 Å². The van der Waals surface area contributed by atoms with Crippen LogP contribution >= 0.6 is 0 Å². The molecular weight excluding hydrogens is 659 g/mol. The van der Waals surface area contributed by atoms with Crippen LogP contribution < -0.4 is 0 Å². The van der Waals surface area contributed by atoms with Gasteiger partial charge in [0.25, 0.3) is 0 Å². The summed E-state index contributed by atoms with van der Waals surface area (Å²) in [6.07, 6.45) is 16.8. The third kappa shape index (κ3) is 5.42. The van der Waals surface area contributed by atoms with E-state index in [2.05, 4.69) is 60.7 Å². The summed E-state index contributed by atoms with van der Waals surface area (Å²) in [6.45, 7) is 0.